The predicted molar refractivity (Wildman–Crippen MR) is 88.3 cm³/mol. The second-order valence-corrected chi connectivity index (χ2v) is 7.08. The maximum atomic E-state index is 14.2. The molecule has 0 spiro atoms. The monoisotopic (exact) mass is 329 g/mol. The molecule has 0 saturated carbocycles. The molecule has 4 heteroatoms. The van der Waals surface area contributed by atoms with Gasteiger partial charge in [0.05, 0.1) is 5.60 Å². The molecule has 0 aromatic heterocycles. The van der Waals surface area contributed by atoms with E-state index in [4.69, 9.17) is 0 Å². The van der Waals surface area contributed by atoms with Crippen molar-refractivity contribution in [1.82, 2.24) is 4.90 Å². The second kappa shape index (κ2) is 5.94. The number of rotatable bonds is 3. The molecule has 4 rings (SSSR count). The highest BCUT2D eigenvalue weighted by atomic mass is 19.2. The first-order chi connectivity index (χ1) is 11.6. The van der Waals surface area contributed by atoms with Gasteiger partial charge in [-0.25, -0.2) is 8.78 Å². The number of nitrogens with zero attached hydrogens (tertiary/aromatic N) is 1. The number of fused-ring (bicyclic) bond motifs is 2. The summed E-state index contributed by atoms with van der Waals surface area (Å²) >= 11 is 0. The molecule has 2 saturated heterocycles. The molecule has 2 unspecified atom stereocenters. The Kier molecular flexibility index (Phi) is 3.89. The van der Waals surface area contributed by atoms with Crippen molar-refractivity contribution in [1.29, 1.82) is 0 Å². The van der Waals surface area contributed by atoms with Crippen LogP contribution in [0.2, 0.25) is 0 Å². The largest absolute Gasteiger partial charge is 0.385 e. The van der Waals surface area contributed by atoms with E-state index in [1.54, 1.807) is 0 Å². The van der Waals surface area contributed by atoms with E-state index < -0.39 is 17.2 Å². The fourth-order valence-electron chi connectivity index (χ4n) is 4.45. The molecule has 2 bridgehead atoms. The van der Waals surface area contributed by atoms with Gasteiger partial charge < -0.3 is 5.11 Å². The van der Waals surface area contributed by atoms with E-state index in [0.29, 0.717) is 12.8 Å². The highest BCUT2D eigenvalue weighted by Crippen LogP contribution is 2.46. The van der Waals surface area contributed by atoms with Gasteiger partial charge in [0.15, 0.2) is 11.6 Å². The summed E-state index contributed by atoms with van der Waals surface area (Å²) in [4.78, 5) is 2.42. The minimum Gasteiger partial charge on any atom is -0.385 e. The van der Waals surface area contributed by atoms with E-state index in [-0.39, 0.29) is 17.6 Å². The molecule has 24 heavy (non-hydrogen) atoms. The Balaban J connectivity index is 1.59. The molecule has 2 aromatic rings. The second-order valence-electron chi connectivity index (χ2n) is 7.08. The maximum absolute atomic E-state index is 14.2. The first-order valence-electron chi connectivity index (χ1n) is 8.53. The molecule has 126 valence electrons. The number of hydrogen-bond donors (Lipinski definition) is 1. The number of benzene rings is 2. The van der Waals surface area contributed by atoms with Gasteiger partial charge in [0, 0.05) is 24.2 Å². The molecular formula is C20H21F2NO. The highest BCUT2D eigenvalue weighted by Gasteiger charge is 2.49. The fourth-order valence-corrected chi connectivity index (χ4v) is 4.45. The third-order valence-electron chi connectivity index (χ3n) is 5.58. The van der Waals surface area contributed by atoms with E-state index in [0.717, 1.165) is 25.5 Å². The lowest BCUT2D eigenvalue weighted by Gasteiger charge is -2.44. The van der Waals surface area contributed by atoms with Gasteiger partial charge in [0.2, 0.25) is 0 Å². The Morgan fingerprint density at radius 2 is 1.62 bits per heavy atom. The highest BCUT2D eigenvalue weighted by molar-refractivity contribution is 5.28. The Hall–Kier alpha value is -1.78. The molecule has 2 aromatic carbocycles. The van der Waals surface area contributed by atoms with Gasteiger partial charge in [-0.1, -0.05) is 42.5 Å². The van der Waals surface area contributed by atoms with Gasteiger partial charge in [-0.2, -0.15) is 0 Å². The minimum absolute atomic E-state index is 0.110. The number of hydrogen-bond acceptors (Lipinski definition) is 2. The van der Waals surface area contributed by atoms with Gasteiger partial charge in [0.25, 0.3) is 0 Å². The van der Waals surface area contributed by atoms with Crippen LogP contribution in [-0.4, -0.2) is 22.1 Å². The maximum Gasteiger partial charge on any atom is 0.164 e. The van der Waals surface area contributed by atoms with Crippen LogP contribution in [0.3, 0.4) is 0 Å². The molecule has 2 heterocycles. The van der Waals surface area contributed by atoms with Crippen LogP contribution in [0.15, 0.2) is 48.5 Å². The normalized spacial score (nSPS) is 29.8. The van der Waals surface area contributed by atoms with Gasteiger partial charge >= 0.3 is 0 Å². The van der Waals surface area contributed by atoms with Crippen LogP contribution < -0.4 is 0 Å². The molecule has 2 atom stereocenters. The first-order valence-corrected chi connectivity index (χ1v) is 8.53. The summed E-state index contributed by atoms with van der Waals surface area (Å²) < 4.78 is 27.8. The number of halogens is 2. The summed E-state index contributed by atoms with van der Waals surface area (Å²) in [6, 6.07) is 14.8. The Morgan fingerprint density at radius 3 is 2.29 bits per heavy atom. The summed E-state index contributed by atoms with van der Waals surface area (Å²) in [5.74, 6) is -1.80. The quantitative estimate of drug-likeness (QED) is 0.921. The molecular weight excluding hydrogens is 308 g/mol. The van der Waals surface area contributed by atoms with E-state index in [9.17, 15) is 13.9 Å². The van der Waals surface area contributed by atoms with Crippen molar-refractivity contribution < 1.29 is 13.9 Å². The van der Waals surface area contributed by atoms with Crippen LogP contribution in [0.4, 0.5) is 8.78 Å². The molecule has 2 aliphatic rings. The summed E-state index contributed by atoms with van der Waals surface area (Å²) in [6.07, 6.45) is 2.90. The molecule has 2 nitrogen and oxygen atoms in total. The van der Waals surface area contributed by atoms with Crippen molar-refractivity contribution in [2.24, 2.45) is 0 Å². The van der Waals surface area contributed by atoms with Gasteiger partial charge in [-0.05, 0) is 37.3 Å². The van der Waals surface area contributed by atoms with Crippen molar-refractivity contribution in [2.75, 3.05) is 0 Å². The lowest BCUT2D eigenvalue weighted by Crippen LogP contribution is -2.49. The molecule has 0 aliphatic carbocycles. The van der Waals surface area contributed by atoms with Crippen LogP contribution in [-0.2, 0) is 12.1 Å². The molecule has 2 fully saturated rings. The molecule has 0 radical (unpaired) electrons. The predicted octanol–water partition coefficient (Wildman–Crippen LogP) is 3.98. The zero-order valence-electron chi connectivity index (χ0n) is 13.5. The van der Waals surface area contributed by atoms with Crippen LogP contribution >= 0.6 is 0 Å². The third kappa shape index (κ3) is 2.64. The smallest absolute Gasteiger partial charge is 0.164 e. The van der Waals surface area contributed by atoms with Crippen molar-refractivity contribution in [2.45, 2.75) is 49.9 Å². The van der Waals surface area contributed by atoms with E-state index in [1.165, 1.54) is 17.7 Å². The van der Waals surface area contributed by atoms with Crippen molar-refractivity contribution in [3.05, 3.63) is 71.3 Å². The van der Waals surface area contributed by atoms with Gasteiger partial charge in [0.1, 0.15) is 0 Å². The van der Waals surface area contributed by atoms with Crippen LogP contribution in [0.25, 0.3) is 0 Å². The van der Waals surface area contributed by atoms with E-state index in [1.807, 2.05) is 18.2 Å². The zero-order chi connectivity index (χ0) is 16.7. The third-order valence-corrected chi connectivity index (χ3v) is 5.58. The average molecular weight is 329 g/mol. The fraction of sp³-hybridized carbons (Fsp3) is 0.400. The Morgan fingerprint density at radius 1 is 0.958 bits per heavy atom. The van der Waals surface area contributed by atoms with Crippen LogP contribution in [0.5, 0.6) is 0 Å². The van der Waals surface area contributed by atoms with E-state index in [2.05, 4.69) is 17.0 Å². The van der Waals surface area contributed by atoms with Gasteiger partial charge in [-0.3, -0.25) is 4.90 Å². The number of piperidine rings is 1. The van der Waals surface area contributed by atoms with Crippen LogP contribution in [0.1, 0.15) is 36.8 Å². The topological polar surface area (TPSA) is 23.5 Å². The molecule has 2 aliphatic heterocycles. The zero-order valence-corrected chi connectivity index (χ0v) is 13.5. The summed E-state index contributed by atoms with van der Waals surface area (Å²) in [6.45, 7) is 0.845. The first kappa shape index (κ1) is 15.7. The summed E-state index contributed by atoms with van der Waals surface area (Å²) in [7, 11) is 0. The minimum atomic E-state index is -1.27. The number of aliphatic hydroxyl groups is 1. The Bertz CT molecular complexity index is 720. The van der Waals surface area contributed by atoms with Crippen molar-refractivity contribution in [3.8, 4) is 0 Å². The lowest BCUT2D eigenvalue weighted by atomic mass is 9.80. The summed E-state index contributed by atoms with van der Waals surface area (Å²) in [5, 5.41) is 11.1. The van der Waals surface area contributed by atoms with Crippen molar-refractivity contribution >= 4 is 0 Å². The van der Waals surface area contributed by atoms with Crippen LogP contribution in [0, 0.1) is 11.6 Å². The molecule has 0 amide bonds. The lowest BCUT2D eigenvalue weighted by molar-refractivity contribution is -0.0619. The van der Waals surface area contributed by atoms with Gasteiger partial charge in [-0.15, -0.1) is 0 Å². The summed E-state index contributed by atoms with van der Waals surface area (Å²) in [5.41, 5.74) is 0.0844. The van der Waals surface area contributed by atoms with E-state index >= 15 is 0 Å². The standard InChI is InChI=1S/C20H21F2NO/c21-18-8-4-7-17(19(18)22)20(24)11-15-9-10-16(12-20)23(15)13-14-5-2-1-3-6-14/h1-8,15-16,24H,9-13H2. The molecule has 1 N–H and O–H groups in total. The van der Waals surface area contributed by atoms with Crippen molar-refractivity contribution in [3.63, 3.8) is 0 Å². The Labute approximate surface area is 140 Å². The average Bonchev–Trinajstić information content (AvgIpc) is 2.82. The SMILES string of the molecule is OC1(c2cccc(F)c2F)CC2CCC(C1)N2Cc1ccccc1.